The van der Waals surface area contributed by atoms with Crippen LogP contribution < -0.4 is 10.1 Å². The van der Waals surface area contributed by atoms with Gasteiger partial charge in [0, 0.05) is 31.8 Å². The molecule has 0 radical (unpaired) electrons. The van der Waals surface area contributed by atoms with E-state index in [4.69, 9.17) is 9.47 Å². The maximum atomic E-state index is 12.4. The van der Waals surface area contributed by atoms with E-state index >= 15 is 0 Å². The number of hydrogen-bond donors (Lipinski definition) is 1. The Bertz CT molecular complexity index is 652. The van der Waals surface area contributed by atoms with Gasteiger partial charge in [0.25, 0.3) is 0 Å². The molecular formula is C17H26N2O5S. The van der Waals surface area contributed by atoms with E-state index in [1.807, 2.05) is 19.1 Å². The van der Waals surface area contributed by atoms with Gasteiger partial charge in [0.1, 0.15) is 5.75 Å². The van der Waals surface area contributed by atoms with Gasteiger partial charge in [-0.05, 0) is 44.0 Å². The SMILES string of the molecule is CCOc1ccc(NC(=O)C2CCN(S(=O)(=O)CCOC)CC2)cc1. The monoisotopic (exact) mass is 370 g/mol. The molecule has 1 fully saturated rings. The second-order valence-corrected chi connectivity index (χ2v) is 8.02. The van der Waals surface area contributed by atoms with Gasteiger partial charge in [0.15, 0.2) is 0 Å². The average molecular weight is 370 g/mol. The highest BCUT2D eigenvalue weighted by Crippen LogP contribution is 2.22. The molecule has 0 aliphatic carbocycles. The normalized spacial score (nSPS) is 16.6. The Balaban J connectivity index is 1.84. The number of sulfonamides is 1. The lowest BCUT2D eigenvalue weighted by Crippen LogP contribution is -2.42. The van der Waals surface area contributed by atoms with Crippen LogP contribution >= 0.6 is 0 Å². The fourth-order valence-electron chi connectivity index (χ4n) is 2.76. The first kappa shape index (κ1) is 19.7. The van der Waals surface area contributed by atoms with Crippen molar-refractivity contribution in [2.45, 2.75) is 19.8 Å². The number of benzene rings is 1. The maximum Gasteiger partial charge on any atom is 0.227 e. The van der Waals surface area contributed by atoms with Crippen LogP contribution in [0.2, 0.25) is 0 Å². The summed E-state index contributed by atoms with van der Waals surface area (Å²) in [6.07, 6.45) is 1.05. The smallest absolute Gasteiger partial charge is 0.227 e. The van der Waals surface area contributed by atoms with Gasteiger partial charge in [-0.25, -0.2) is 12.7 Å². The molecule has 2 rings (SSSR count). The second-order valence-electron chi connectivity index (χ2n) is 5.93. The molecule has 0 aromatic heterocycles. The van der Waals surface area contributed by atoms with Crippen molar-refractivity contribution in [1.29, 1.82) is 0 Å². The van der Waals surface area contributed by atoms with Crippen LogP contribution in [0.1, 0.15) is 19.8 Å². The van der Waals surface area contributed by atoms with E-state index in [1.54, 1.807) is 12.1 Å². The van der Waals surface area contributed by atoms with Crippen LogP contribution in [-0.2, 0) is 19.6 Å². The number of ether oxygens (including phenoxy) is 2. The highest BCUT2D eigenvalue weighted by molar-refractivity contribution is 7.89. The molecule has 7 nitrogen and oxygen atoms in total. The van der Waals surface area contributed by atoms with Gasteiger partial charge in [0.2, 0.25) is 15.9 Å². The Kier molecular flexibility index (Phi) is 7.22. The zero-order valence-electron chi connectivity index (χ0n) is 14.7. The number of amides is 1. The lowest BCUT2D eigenvalue weighted by molar-refractivity contribution is -0.120. The molecule has 0 bridgehead atoms. The van der Waals surface area contributed by atoms with Gasteiger partial charge in [0.05, 0.1) is 19.0 Å². The van der Waals surface area contributed by atoms with Crippen LogP contribution in [0.4, 0.5) is 5.69 Å². The van der Waals surface area contributed by atoms with Crippen LogP contribution in [0.3, 0.4) is 0 Å². The van der Waals surface area contributed by atoms with Crippen LogP contribution in [0.5, 0.6) is 5.75 Å². The fraction of sp³-hybridized carbons (Fsp3) is 0.588. The molecule has 140 valence electrons. The van der Waals surface area contributed by atoms with Gasteiger partial charge >= 0.3 is 0 Å². The lowest BCUT2D eigenvalue weighted by Gasteiger charge is -2.30. The molecule has 0 saturated carbocycles. The highest BCUT2D eigenvalue weighted by atomic mass is 32.2. The standard InChI is InChI=1S/C17H26N2O5S/c1-3-24-16-6-4-15(5-7-16)18-17(20)14-8-10-19(11-9-14)25(21,22)13-12-23-2/h4-7,14H,3,8-13H2,1-2H3,(H,18,20). The topological polar surface area (TPSA) is 84.9 Å². The van der Waals surface area contributed by atoms with Crippen molar-refractivity contribution in [3.8, 4) is 5.75 Å². The summed E-state index contributed by atoms with van der Waals surface area (Å²) in [5, 5.41) is 2.89. The number of nitrogens with zero attached hydrogens (tertiary/aromatic N) is 1. The number of rotatable bonds is 8. The molecule has 0 unspecified atom stereocenters. The molecule has 1 aliphatic rings. The summed E-state index contributed by atoms with van der Waals surface area (Å²) in [7, 11) is -1.82. The van der Waals surface area contributed by atoms with Crippen LogP contribution in [0.25, 0.3) is 0 Å². The number of piperidine rings is 1. The van der Waals surface area contributed by atoms with Crippen molar-refractivity contribution in [3.63, 3.8) is 0 Å². The summed E-state index contributed by atoms with van der Waals surface area (Å²) < 4.78 is 35.9. The molecule has 0 atom stereocenters. The van der Waals surface area contributed by atoms with Gasteiger partial charge in [-0.2, -0.15) is 0 Å². The van der Waals surface area contributed by atoms with Crippen LogP contribution in [-0.4, -0.2) is 57.8 Å². The molecule has 8 heteroatoms. The number of hydrogen-bond acceptors (Lipinski definition) is 5. The summed E-state index contributed by atoms with van der Waals surface area (Å²) in [6.45, 7) is 3.43. The minimum absolute atomic E-state index is 0.0213. The molecule has 1 amide bonds. The van der Waals surface area contributed by atoms with Crippen molar-refractivity contribution in [2.75, 3.05) is 44.5 Å². The van der Waals surface area contributed by atoms with Crippen LogP contribution in [0.15, 0.2) is 24.3 Å². The maximum absolute atomic E-state index is 12.4. The quantitative estimate of drug-likeness (QED) is 0.753. The summed E-state index contributed by atoms with van der Waals surface area (Å²) >= 11 is 0. The number of methoxy groups -OCH3 is 1. The van der Waals surface area contributed by atoms with E-state index in [1.165, 1.54) is 11.4 Å². The summed E-state index contributed by atoms with van der Waals surface area (Å²) in [4.78, 5) is 12.4. The van der Waals surface area contributed by atoms with E-state index in [0.717, 1.165) is 5.75 Å². The second kappa shape index (κ2) is 9.17. The Labute approximate surface area is 149 Å². The lowest BCUT2D eigenvalue weighted by atomic mass is 9.97. The van der Waals surface area contributed by atoms with Gasteiger partial charge < -0.3 is 14.8 Å². The zero-order chi connectivity index (χ0) is 18.3. The molecule has 1 aliphatic heterocycles. The molecule has 25 heavy (non-hydrogen) atoms. The molecule has 0 spiro atoms. The molecule has 1 aromatic rings. The van der Waals surface area contributed by atoms with Gasteiger partial charge in [-0.3, -0.25) is 4.79 Å². The molecule has 1 heterocycles. The first-order valence-corrected chi connectivity index (χ1v) is 10.1. The van der Waals surface area contributed by atoms with E-state index in [9.17, 15) is 13.2 Å². The Morgan fingerprint density at radius 3 is 2.44 bits per heavy atom. The summed E-state index contributed by atoms with van der Waals surface area (Å²) in [5.74, 6) is 0.487. The highest BCUT2D eigenvalue weighted by Gasteiger charge is 2.30. The Morgan fingerprint density at radius 1 is 1.24 bits per heavy atom. The number of nitrogens with one attached hydrogen (secondary N) is 1. The van der Waals surface area contributed by atoms with Crippen molar-refractivity contribution in [1.82, 2.24) is 4.31 Å². The third kappa shape index (κ3) is 5.69. The van der Waals surface area contributed by atoms with Crippen LogP contribution in [0, 0.1) is 5.92 Å². The molecular weight excluding hydrogens is 344 g/mol. The Hall–Kier alpha value is -1.64. The average Bonchev–Trinajstić information content (AvgIpc) is 2.62. The third-order valence-corrected chi connectivity index (χ3v) is 6.03. The predicted octanol–water partition coefficient (Wildman–Crippen LogP) is 1.71. The first-order chi connectivity index (χ1) is 12.0. The van der Waals surface area contributed by atoms with E-state index in [-0.39, 0.29) is 24.2 Å². The van der Waals surface area contributed by atoms with Crippen molar-refractivity contribution >= 4 is 21.6 Å². The van der Waals surface area contributed by atoms with Gasteiger partial charge in [-0.1, -0.05) is 0 Å². The molecule has 1 aromatic carbocycles. The van der Waals surface area contributed by atoms with E-state index in [0.29, 0.717) is 38.2 Å². The van der Waals surface area contributed by atoms with Crippen molar-refractivity contribution in [3.05, 3.63) is 24.3 Å². The number of anilines is 1. The summed E-state index contributed by atoms with van der Waals surface area (Å²) in [5.41, 5.74) is 0.712. The largest absolute Gasteiger partial charge is 0.494 e. The number of carbonyl (C=O) groups excluding carboxylic acids is 1. The molecule has 1 saturated heterocycles. The zero-order valence-corrected chi connectivity index (χ0v) is 15.5. The Morgan fingerprint density at radius 2 is 1.88 bits per heavy atom. The minimum atomic E-state index is -3.30. The third-order valence-electron chi connectivity index (χ3n) is 4.20. The van der Waals surface area contributed by atoms with Crippen molar-refractivity contribution < 1.29 is 22.7 Å². The predicted molar refractivity (Wildman–Crippen MR) is 96.2 cm³/mol. The van der Waals surface area contributed by atoms with Crippen molar-refractivity contribution in [2.24, 2.45) is 5.92 Å². The van der Waals surface area contributed by atoms with E-state index in [2.05, 4.69) is 5.32 Å². The fourth-order valence-corrected chi connectivity index (χ4v) is 4.16. The van der Waals surface area contributed by atoms with E-state index < -0.39 is 10.0 Å². The minimum Gasteiger partial charge on any atom is -0.494 e. The van der Waals surface area contributed by atoms with Gasteiger partial charge in [-0.15, -0.1) is 0 Å². The summed E-state index contributed by atoms with van der Waals surface area (Å²) in [6, 6.07) is 7.22. The molecule has 1 N–H and O–H groups in total. The first-order valence-electron chi connectivity index (χ1n) is 8.46. The number of carbonyl (C=O) groups is 1.